The van der Waals surface area contributed by atoms with Crippen molar-refractivity contribution < 1.29 is 0 Å². The Balaban J connectivity index is 1.67. The molecule has 28 heavy (non-hydrogen) atoms. The van der Waals surface area contributed by atoms with Crippen LogP contribution >= 0.6 is 11.8 Å². The maximum Gasteiger partial charge on any atom is 0.0158 e. The number of benzene rings is 3. The molecule has 0 unspecified atom stereocenters. The first-order valence-corrected chi connectivity index (χ1v) is 10.7. The average Bonchev–Trinajstić information content (AvgIpc) is 2.70. The van der Waals surface area contributed by atoms with Gasteiger partial charge in [0.2, 0.25) is 0 Å². The lowest BCUT2D eigenvalue weighted by atomic mass is 9.75. The topological polar surface area (TPSA) is 0 Å². The van der Waals surface area contributed by atoms with E-state index in [1.54, 1.807) is 0 Å². The van der Waals surface area contributed by atoms with Crippen LogP contribution in [0.15, 0.2) is 83.8 Å². The molecule has 0 N–H and O–H groups in total. The Bertz CT molecular complexity index is 1020. The van der Waals surface area contributed by atoms with E-state index in [4.69, 9.17) is 0 Å². The number of fused-ring (bicyclic) bond motifs is 1. The predicted molar refractivity (Wildman–Crippen MR) is 124 cm³/mol. The minimum atomic E-state index is 0.176. The Labute approximate surface area is 173 Å². The Morgan fingerprint density at radius 1 is 0.821 bits per heavy atom. The van der Waals surface area contributed by atoms with E-state index in [0.29, 0.717) is 0 Å². The molecule has 4 rings (SSSR count). The Morgan fingerprint density at radius 2 is 1.50 bits per heavy atom. The van der Waals surface area contributed by atoms with Gasteiger partial charge in [0.15, 0.2) is 0 Å². The van der Waals surface area contributed by atoms with Gasteiger partial charge in [0.25, 0.3) is 0 Å². The maximum absolute atomic E-state index is 2.41. The van der Waals surface area contributed by atoms with Gasteiger partial charge in [-0.2, -0.15) is 0 Å². The summed E-state index contributed by atoms with van der Waals surface area (Å²) in [5.41, 5.74) is 6.77. The van der Waals surface area contributed by atoms with Gasteiger partial charge in [0, 0.05) is 9.80 Å². The van der Waals surface area contributed by atoms with Crippen molar-refractivity contribution in [1.29, 1.82) is 0 Å². The summed E-state index contributed by atoms with van der Waals surface area (Å²) in [4.78, 5) is 2.66. The number of hydrogen-bond donors (Lipinski definition) is 0. The van der Waals surface area contributed by atoms with E-state index in [-0.39, 0.29) is 5.41 Å². The first-order valence-electron chi connectivity index (χ1n) is 9.84. The van der Waals surface area contributed by atoms with Crippen LogP contribution in [0, 0.1) is 6.92 Å². The zero-order valence-electron chi connectivity index (χ0n) is 16.8. The quantitative estimate of drug-likeness (QED) is 0.412. The third-order valence-corrected chi connectivity index (χ3v) is 6.47. The highest BCUT2D eigenvalue weighted by molar-refractivity contribution is 8.08. The van der Waals surface area contributed by atoms with Crippen molar-refractivity contribution in [1.82, 2.24) is 0 Å². The molecule has 0 saturated carbocycles. The van der Waals surface area contributed by atoms with Crippen molar-refractivity contribution >= 4 is 28.8 Å². The fourth-order valence-electron chi connectivity index (χ4n) is 3.61. The first kappa shape index (κ1) is 18.8. The molecule has 1 aliphatic rings. The molecule has 0 heterocycles. The number of thioether (sulfide) groups is 1. The molecule has 0 fully saturated rings. The largest absolute Gasteiger partial charge is 0.0898 e. The third kappa shape index (κ3) is 4.15. The molecule has 0 atom stereocenters. The summed E-state index contributed by atoms with van der Waals surface area (Å²) in [7, 11) is 0. The van der Waals surface area contributed by atoms with Crippen LogP contribution in [0.2, 0.25) is 0 Å². The summed E-state index contributed by atoms with van der Waals surface area (Å²) in [6.45, 7) is 6.80. The first-order chi connectivity index (χ1) is 13.5. The molecule has 3 aromatic carbocycles. The van der Waals surface area contributed by atoms with Crippen LogP contribution in [0.25, 0.3) is 17.1 Å². The van der Waals surface area contributed by atoms with Crippen molar-refractivity contribution in [2.24, 2.45) is 0 Å². The van der Waals surface area contributed by atoms with E-state index in [1.807, 2.05) is 11.8 Å². The second-order valence-corrected chi connectivity index (χ2v) is 9.24. The Hall–Kier alpha value is -2.51. The van der Waals surface area contributed by atoms with Gasteiger partial charge in [-0.05, 0) is 59.2 Å². The number of hydrogen-bond acceptors (Lipinski definition) is 1. The van der Waals surface area contributed by atoms with Crippen LogP contribution in [-0.4, -0.2) is 0 Å². The summed E-state index contributed by atoms with van der Waals surface area (Å²) >= 11 is 1.87. The Morgan fingerprint density at radius 3 is 2.25 bits per heavy atom. The van der Waals surface area contributed by atoms with E-state index >= 15 is 0 Å². The van der Waals surface area contributed by atoms with Gasteiger partial charge in [-0.1, -0.05) is 104 Å². The molecule has 3 aromatic rings. The van der Waals surface area contributed by atoms with E-state index in [1.165, 1.54) is 37.6 Å². The summed E-state index contributed by atoms with van der Waals surface area (Å²) in [5, 5.41) is 0. The lowest BCUT2D eigenvalue weighted by Crippen LogP contribution is -2.21. The van der Waals surface area contributed by atoms with E-state index in [9.17, 15) is 0 Å². The van der Waals surface area contributed by atoms with Crippen molar-refractivity contribution in [2.45, 2.75) is 37.5 Å². The maximum atomic E-state index is 2.41. The molecule has 0 aromatic heterocycles. The number of rotatable bonds is 4. The molecule has 0 spiro atoms. The van der Waals surface area contributed by atoms with Gasteiger partial charge >= 0.3 is 0 Å². The molecule has 0 nitrogen and oxygen atoms in total. The highest BCUT2D eigenvalue weighted by Gasteiger charge is 2.28. The van der Waals surface area contributed by atoms with Crippen molar-refractivity contribution in [3.8, 4) is 0 Å². The zero-order valence-corrected chi connectivity index (χ0v) is 17.6. The standard InChI is InChI=1S/C27H26S/c1-20-9-11-21(12-10-20)13-14-22-15-16-25-24(19-22)26(17-18-27(25,2)3)28-23-7-5-4-6-8-23/h4-17,19H,18H2,1-3H3/b14-13+. The summed E-state index contributed by atoms with van der Waals surface area (Å²) in [6.07, 6.45) is 7.90. The van der Waals surface area contributed by atoms with Crippen LogP contribution in [0.1, 0.15) is 48.1 Å². The van der Waals surface area contributed by atoms with Crippen LogP contribution in [0.4, 0.5) is 0 Å². The lowest BCUT2D eigenvalue weighted by molar-refractivity contribution is 0.528. The SMILES string of the molecule is Cc1ccc(/C=C/c2ccc3c(c2)C(Sc2ccccc2)=CCC3(C)C)cc1. The predicted octanol–water partition coefficient (Wildman–Crippen LogP) is 7.98. The van der Waals surface area contributed by atoms with Gasteiger partial charge in [-0.25, -0.2) is 0 Å². The fraction of sp³-hybridized carbons (Fsp3) is 0.185. The Kier molecular flexibility index (Phi) is 5.28. The third-order valence-electron chi connectivity index (χ3n) is 5.35. The van der Waals surface area contributed by atoms with Crippen molar-refractivity contribution in [3.63, 3.8) is 0 Å². The molecule has 0 radical (unpaired) electrons. The second kappa shape index (κ2) is 7.85. The summed E-state index contributed by atoms with van der Waals surface area (Å²) in [6, 6.07) is 26.2. The fourth-order valence-corrected chi connectivity index (χ4v) is 4.60. The highest BCUT2D eigenvalue weighted by Crippen LogP contribution is 2.45. The number of allylic oxidation sites excluding steroid dienone is 1. The normalized spacial score (nSPS) is 15.3. The summed E-state index contributed by atoms with van der Waals surface area (Å²) in [5.74, 6) is 0. The van der Waals surface area contributed by atoms with E-state index in [0.717, 1.165) is 6.42 Å². The van der Waals surface area contributed by atoms with Crippen molar-refractivity contribution in [2.75, 3.05) is 0 Å². The van der Waals surface area contributed by atoms with Crippen LogP contribution in [-0.2, 0) is 5.41 Å². The van der Waals surface area contributed by atoms with Gasteiger partial charge in [-0.3, -0.25) is 0 Å². The van der Waals surface area contributed by atoms with Gasteiger partial charge in [0.1, 0.15) is 0 Å². The molecule has 1 aliphatic carbocycles. The second-order valence-electron chi connectivity index (χ2n) is 8.12. The van der Waals surface area contributed by atoms with E-state index in [2.05, 4.69) is 112 Å². The smallest absolute Gasteiger partial charge is 0.0158 e. The molecule has 1 heteroatoms. The van der Waals surface area contributed by atoms with Gasteiger partial charge in [-0.15, -0.1) is 0 Å². The zero-order chi connectivity index (χ0) is 19.6. The van der Waals surface area contributed by atoms with Gasteiger partial charge in [0.05, 0.1) is 0 Å². The lowest BCUT2D eigenvalue weighted by Gasteiger charge is -2.32. The average molecular weight is 383 g/mol. The monoisotopic (exact) mass is 382 g/mol. The molecular weight excluding hydrogens is 356 g/mol. The van der Waals surface area contributed by atoms with Gasteiger partial charge < -0.3 is 0 Å². The van der Waals surface area contributed by atoms with E-state index < -0.39 is 0 Å². The molecule has 0 amide bonds. The molecule has 0 aliphatic heterocycles. The molecule has 0 saturated heterocycles. The minimum absolute atomic E-state index is 0.176. The van der Waals surface area contributed by atoms with Crippen LogP contribution < -0.4 is 0 Å². The molecule has 140 valence electrons. The molecule has 0 bridgehead atoms. The number of aryl methyl sites for hydroxylation is 1. The minimum Gasteiger partial charge on any atom is -0.0898 e. The van der Waals surface area contributed by atoms with Crippen LogP contribution in [0.3, 0.4) is 0 Å². The highest BCUT2D eigenvalue weighted by atomic mass is 32.2. The van der Waals surface area contributed by atoms with Crippen LogP contribution in [0.5, 0.6) is 0 Å². The van der Waals surface area contributed by atoms with Crippen molar-refractivity contribution in [3.05, 3.63) is 107 Å². The summed E-state index contributed by atoms with van der Waals surface area (Å²) < 4.78 is 0. The molecular formula is C27H26S.